The van der Waals surface area contributed by atoms with Gasteiger partial charge in [0.15, 0.2) is 0 Å². The average molecular weight is 264 g/mol. The highest BCUT2D eigenvalue weighted by molar-refractivity contribution is 9.10. The first-order valence-electron chi connectivity index (χ1n) is 3.57. The lowest BCUT2D eigenvalue weighted by molar-refractivity contribution is -0.116. The van der Waals surface area contributed by atoms with Gasteiger partial charge in [-0.25, -0.2) is 0 Å². The number of benzene rings is 1. The lowest BCUT2D eigenvalue weighted by Crippen LogP contribution is -2.21. The summed E-state index contributed by atoms with van der Waals surface area (Å²) in [7, 11) is 0. The summed E-state index contributed by atoms with van der Waals surface area (Å²) in [6.45, 7) is 0.109. The normalized spacial score (nSPS) is 9.69. The van der Waals surface area contributed by atoms with Crippen LogP contribution in [0.2, 0.25) is 5.02 Å². The molecule has 0 heterocycles. The Hall–Kier alpha value is -0.740. The van der Waals surface area contributed by atoms with Crippen LogP contribution in [0.1, 0.15) is 0 Å². The second-order valence-corrected chi connectivity index (χ2v) is 3.71. The number of hydrogen-bond donors (Lipinski definition) is 2. The van der Waals surface area contributed by atoms with E-state index in [1.54, 1.807) is 18.2 Å². The molecule has 1 rings (SSSR count). The zero-order chi connectivity index (χ0) is 9.84. The van der Waals surface area contributed by atoms with E-state index in [-0.39, 0.29) is 6.54 Å². The maximum absolute atomic E-state index is 10.4. The molecule has 1 amide bonds. The molecule has 3 N–H and O–H groups in total. The van der Waals surface area contributed by atoms with Crippen LogP contribution in [0.4, 0.5) is 5.69 Å². The average Bonchev–Trinajstić information content (AvgIpc) is 2.07. The summed E-state index contributed by atoms with van der Waals surface area (Å²) in [6, 6.07) is 5.32. The second kappa shape index (κ2) is 4.48. The molecule has 0 spiro atoms. The fraction of sp³-hybridized carbons (Fsp3) is 0.125. The molecule has 3 nitrogen and oxygen atoms in total. The van der Waals surface area contributed by atoms with E-state index in [1.807, 2.05) is 0 Å². The number of hydrogen-bond acceptors (Lipinski definition) is 2. The van der Waals surface area contributed by atoms with Gasteiger partial charge in [0.2, 0.25) is 5.91 Å². The molecule has 0 fully saturated rings. The Morgan fingerprint density at radius 3 is 2.85 bits per heavy atom. The Bertz CT molecular complexity index is 330. The topological polar surface area (TPSA) is 55.1 Å². The van der Waals surface area contributed by atoms with Gasteiger partial charge in [-0.3, -0.25) is 4.79 Å². The number of nitrogens with one attached hydrogen (secondary N) is 1. The number of carbonyl (C=O) groups excluding carboxylic acids is 1. The quantitative estimate of drug-likeness (QED) is 0.876. The van der Waals surface area contributed by atoms with Crippen LogP contribution in [0.5, 0.6) is 0 Å². The van der Waals surface area contributed by atoms with Gasteiger partial charge in [0, 0.05) is 10.2 Å². The van der Waals surface area contributed by atoms with Crippen molar-refractivity contribution in [3.8, 4) is 0 Å². The van der Waals surface area contributed by atoms with Gasteiger partial charge in [0.25, 0.3) is 0 Å². The summed E-state index contributed by atoms with van der Waals surface area (Å²) in [5.74, 6) is -0.404. The largest absolute Gasteiger partial charge is 0.376 e. The van der Waals surface area contributed by atoms with Crippen molar-refractivity contribution in [2.75, 3.05) is 11.9 Å². The molecule has 1 aromatic rings. The minimum Gasteiger partial charge on any atom is -0.376 e. The van der Waals surface area contributed by atoms with Crippen molar-refractivity contribution in [3.05, 3.63) is 27.7 Å². The van der Waals surface area contributed by atoms with E-state index in [0.717, 1.165) is 10.2 Å². The molecule has 0 aliphatic carbocycles. The Balaban J connectivity index is 2.68. The third-order valence-electron chi connectivity index (χ3n) is 1.39. The lowest BCUT2D eigenvalue weighted by atomic mass is 10.3. The summed E-state index contributed by atoms with van der Waals surface area (Å²) < 4.78 is 0.818. The minimum atomic E-state index is -0.404. The number of rotatable bonds is 3. The van der Waals surface area contributed by atoms with Crippen LogP contribution in [0, 0.1) is 0 Å². The fourth-order valence-corrected chi connectivity index (χ4v) is 1.22. The molecule has 1 aromatic carbocycles. The van der Waals surface area contributed by atoms with E-state index in [4.69, 9.17) is 17.3 Å². The molecule has 5 heteroatoms. The van der Waals surface area contributed by atoms with Crippen molar-refractivity contribution in [1.82, 2.24) is 0 Å². The highest BCUT2D eigenvalue weighted by Gasteiger charge is 1.99. The molecule has 13 heavy (non-hydrogen) atoms. The van der Waals surface area contributed by atoms with Gasteiger partial charge < -0.3 is 11.1 Å². The van der Waals surface area contributed by atoms with Crippen molar-refractivity contribution < 1.29 is 4.79 Å². The number of primary amides is 1. The summed E-state index contributed by atoms with van der Waals surface area (Å²) in [5, 5.41) is 3.42. The maximum atomic E-state index is 10.4. The molecular formula is C8H8BrClN2O. The monoisotopic (exact) mass is 262 g/mol. The lowest BCUT2D eigenvalue weighted by Gasteiger charge is -2.04. The molecule has 0 atom stereocenters. The van der Waals surface area contributed by atoms with Crippen LogP contribution in [0.15, 0.2) is 22.7 Å². The van der Waals surface area contributed by atoms with Crippen LogP contribution in [0.3, 0.4) is 0 Å². The smallest absolute Gasteiger partial charge is 0.236 e. The number of nitrogens with two attached hydrogens (primary N) is 1. The fourth-order valence-electron chi connectivity index (χ4n) is 0.795. The Kier molecular flexibility index (Phi) is 3.57. The predicted octanol–water partition coefficient (Wildman–Crippen LogP) is 2.00. The summed E-state index contributed by atoms with van der Waals surface area (Å²) in [6.07, 6.45) is 0. The number of anilines is 1. The first-order chi connectivity index (χ1) is 6.09. The van der Waals surface area contributed by atoms with Gasteiger partial charge in [-0.2, -0.15) is 0 Å². The molecule has 0 saturated carbocycles. The van der Waals surface area contributed by atoms with Crippen LogP contribution in [-0.4, -0.2) is 12.5 Å². The minimum absolute atomic E-state index is 0.109. The maximum Gasteiger partial charge on any atom is 0.236 e. The van der Waals surface area contributed by atoms with Gasteiger partial charge in [0.1, 0.15) is 0 Å². The number of amides is 1. The van der Waals surface area contributed by atoms with E-state index in [0.29, 0.717) is 5.02 Å². The van der Waals surface area contributed by atoms with E-state index in [1.165, 1.54) is 0 Å². The van der Waals surface area contributed by atoms with Crippen LogP contribution >= 0.6 is 27.5 Å². The summed E-state index contributed by atoms with van der Waals surface area (Å²) in [5.41, 5.74) is 5.73. The summed E-state index contributed by atoms with van der Waals surface area (Å²) in [4.78, 5) is 10.4. The molecule has 0 aliphatic rings. The van der Waals surface area contributed by atoms with Crippen molar-refractivity contribution >= 4 is 39.1 Å². The van der Waals surface area contributed by atoms with Crippen molar-refractivity contribution in [1.29, 1.82) is 0 Å². The van der Waals surface area contributed by atoms with E-state index in [9.17, 15) is 4.79 Å². The Morgan fingerprint density at radius 1 is 1.62 bits per heavy atom. The van der Waals surface area contributed by atoms with Gasteiger partial charge in [-0.05, 0) is 34.1 Å². The van der Waals surface area contributed by atoms with Crippen molar-refractivity contribution in [3.63, 3.8) is 0 Å². The number of carbonyl (C=O) groups is 1. The highest BCUT2D eigenvalue weighted by Crippen LogP contribution is 2.25. The van der Waals surface area contributed by atoms with E-state index in [2.05, 4.69) is 21.2 Å². The third kappa shape index (κ3) is 3.24. The molecule has 0 bridgehead atoms. The van der Waals surface area contributed by atoms with Gasteiger partial charge in [-0.1, -0.05) is 11.6 Å². The first-order valence-corrected chi connectivity index (χ1v) is 4.74. The highest BCUT2D eigenvalue weighted by atomic mass is 79.9. The predicted molar refractivity (Wildman–Crippen MR) is 56.8 cm³/mol. The number of halogens is 2. The van der Waals surface area contributed by atoms with Gasteiger partial charge in [-0.15, -0.1) is 0 Å². The van der Waals surface area contributed by atoms with Crippen molar-refractivity contribution in [2.24, 2.45) is 5.73 Å². The zero-order valence-electron chi connectivity index (χ0n) is 6.68. The Labute approximate surface area is 89.4 Å². The van der Waals surface area contributed by atoms with Crippen molar-refractivity contribution in [2.45, 2.75) is 0 Å². The molecule has 0 aliphatic heterocycles. The molecule has 70 valence electrons. The molecule has 0 unspecified atom stereocenters. The first kappa shape index (κ1) is 10.3. The van der Waals surface area contributed by atoms with Gasteiger partial charge in [0.05, 0.1) is 11.6 Å². The zero-order valence-corrected chi connectivity index (χ0v) is 9.02. The second-order valence-electron chi connectivity index (χ2n) is 2.45. The van der Waals surface area contributed by atoms with Crippen LogP contribution in [0.25, 0.3) is 0 Å². The van der Waals surface area contributed by atoms with Crippen LogP contribution < -0.4 is 11.1 Å². The molecule has 0 saturated heterocycles. The molecule has 0 radical (unpaired) electrons. The molecule has 0 aromatic heterocycles. The SMILES string of the molecule is NC(=O)CNc1ccc(Br)c(Cl)c1. The van der Waals surface area contributed by atoms with E-state index < -0.39 is 5.91 Å². The standard InChI is InChI=1S/C8H8BrClN2O/c9-6-2-1-5(3-7(6)10)12-4-8(11)13/h1-3,12H,4H2,(H2,11,13). The van der Waals surface area contributed by atoms with Crippen LogP contribution in [-0.2, 0) is 4.79 Å². The third-order valence-corrected chi connectivity index (χ3v) is 2.62. The van der Waals surface area contributed by atoms with Gasteiger partial charge >= 0.3 is 0 Å². The Morgan fingerprint density at radius 2 is 2.31 bits per heavy atom. The van der Waals surface area contributed by atoms with E-state index >= 15 is 0 Å². The molecular weight excluding hydrogens is 255 g/mol. The summed E-state index contributed by atoms with van der Waals surface area (Å²) >= 11 is 9.08.